The molecule has 2 aliphatic carbocycles. The molecule has 2 fully saturated rings. The average Bonchev–Trinajstić information content (AvgIpc) is 2.51. The Balaban J connectivity index is 1.94. The molecule has 0 saturated heterocycles. The number of aliphatic hydroxyl groups is 1. The first kappa shape index (κ1) is 11.4. The van der Waals surface area contributed by atoms with Crippen molar-refractivity contribution >= 4 is 0 Å². The van der Waals surface area contributed by atoms with Crippen molar-refractivity contribution in [2.24, 2.45) is 11.7 Å². The van der Waals surface area contributed by atoms with Gasteiger partial charge in [0.2, 0.25) is 0 Å². The summed E-state index contributed by atoms with van der Waals surface area (Å²) in [7, 11) is 0. The third-order valence-corrected chi connectivity index (χ3v) is 4.55. The Kier molecular flexibility index (Phi) is 3.68. The van der Waals surface area contributed by atoms with E-state index < -0.39 is 0 Å². The largest absolute Gasteiger partial charge is 0.393 e. The predicted octanol–water partition coefficient (Wildman–Crippen LogP) is 2.59. The minimum atomic E-state index is -0.0764. The van der Waals surface area contributed by atoms with Crippen LogP contribution in [0.4, 0.5) is 0 Å². The molecule has 0 heterocycles. The Morgan fingerprint density at radius 1 is 0.867 bits per heavy atom. The Labute approximate surface area is 93.2 Å². The third-order valence-electron chi connectivity index (χ3n) is 4.55. The monoisotopic (exact) mass is 211 g/mol. The van der Waals surface area contributed by atoms with Crippen molar-refractivity contribution in [1.82, 2.24) is 0 Å². The lowest BCUT2D eigenvalue weighted by molar-refractivity contribution is 0.0703. The first-order valence-electron chi connectivity index (χ1n) is 6.68. The van der Waals surface area contributed by atoms with Gasteiger partial charge in [0, 0.05) is 5.54 Å². The normalized spacial score (nSPS) is 40.0. The van der Waals surface area contributed by atoms with Crippen LogP contribution in [-0.4, -0.2) is 16.7 Å². The maximum absolute atomic E-state index is 9.54. The molecule has 0 aromatic heterocycles. The summed E-state index contributed by atoms with van der Waals surface area (Å²) in [5, 5.41) is 9.54. The van der Waals surface area contributed by atoms with Crippen LogP contribution in [0.5, 0.6) is 0 Å². The first-order valence-corrected chi connectivity index (χ1v) is 6.68. The van der Waals surface area contributed by atoms with Crippen molar-refractivity contribution < 1.29 is 5.11 Å². The fourth-order valence-electron chi connectivity index (χ4n) is 3.40. The number of hydrogen-bond donors (Lipinski definition) is 2. The van der Waals surface area contributed by atoms with Crippen LogP contribution in [0.25, 0.3) is 0 Å². The van der Waals surface area contributed by atoms with Crippen molar-refractivity contribution in [3.05, 3.63) is 0 Å². The first-order chi connectivity index (χ1) is 7.21. The zero-order chi connectivity index (χ0) is 10.7. The third kappa shape index (κ3) is 2.73. The summed E-state index contributed by atoms with van der Waals surface area (Å²) in [6, 6.07) is 0. The van der Waals surface area contributed by atoms with Crippen LogP contribution in [-0.2, 0) is 0 Å². The molecule has 0 bridgehead atoms. The van der Waals surface area contributed by atoms with E-state index in [0.29, 0.717) is 0 Å². The number of aliphatic hydroxyl groups excluding tert-OH is 1. The number of hydrogen-bond acceptors (Lipinski definition) is 2. The van der Waals surface area contributed by atoms with Gasteiger partial charge < -0.3 is 10.8 Å². The highest BCUT2D eigenvalue weighted by Gasteiger charge is 2.37. The molecule has 0 spiro atoms. The van der Waals surface area contributed by atoms with E-state index in [4.69, 9.17) is 5.73 Å². The van der Waals surface area contributed by atoms with E-state index >= 15 is 0 Å². The van der Waals surface area contributed by atoms with E-state index in [0.717, 1.165) is 31.6 Å². The van der Waals surface area contributed by atoms with Crippen LogP contribution in [0.15, 0.2) is 0 Å². The molecular formula is C13H25NO. The van der Waals surface area contributed by atoms with E-state index in [9.17, 15) is 5.11 Å². The van der Waals surface area contributed by atoms with E-state index in [1.54, 1.807) is 0 Å². The van der Waals surface area contributed by atoms with Gasteiger partial charge in [0.15, 0.2) is 0 Å². The second-order valence-corrected chi connectivity index (χ2v) is 5.65. The van der Waals surface area contributed by atoms with Gasteiger partial charge in [-0.1, -0.05) is 25.7 Å². The molecule has 0 amide bonds. The highest BCUT2D eigenvalue weighted by molar-refractivity contribution is 4.95. The van der Waals surface area contributed by atoms with Crippen LogP contribution in [0.1, 0.15) is 64.2 Å². The van der Waals surface area contributed by atoms with Crippen LogP contribution < -0.4 is 5.73 Å². The molecule has 3 N–H and O–H groups in total. The minimum absolute atomic E-state index is 0.0591. The van der Waals surface area contributed by atoms with Crippen LogP contribution in [0, 0.1) is 5.92 Å². The molecule has 88 valence electrons. The lowest BCUT2D eigenvalue weighted by Gasteiger charge is -2.41. The summed E-state index contributed by atoms with van der Waals surface area (Å²) >= 11 is 0. The molecule has 0 aromatic rings. The lowest BCUT2D eigenvalue weighted by atomic mass is 9.70. The summed E-state index contributed by atoms with van der Waals surface area (Å²) in [5.41, 5.74) is 6.61. The highest BCUT2D eigenvalue weighted by atomic mass is 16.3. The highest BCUT2D eigenvalue weighted by Crippen LogP contribution is 2.39. The molecule has 2 saturated carbocycles. The fraction of sp³-hybridized carbons (Fsp3) is 1.00. The molecule has 0 aliphatic heterocycles. The molecule has 0 unspecified atom stereocenters. The van der Waals surface area contributed by atoms with Gasteiger partial charge in [-0.3, -0.25) is 0 Å². The Hall–Kier alpha value is -0.0800. The molecular weight excluding hydrogens is 186 g/mol. The summed E-state index contributed by atoms with van der Waals surface area (Å²) in [6.07, 6.45) is 12.0. The summed E-state index contributed by atoms with van der Waals surface area (Å²) in [4.78, 5) is 0. The number of nitrogens with two attached hydrogens (primary N) is 1. The SMILES string of the molecule is NC1(C2CCCCCC2)CCC(O)CC1. The van der Waals surface area contributed by atoms with Crippen molar-refractivity contribution in [3.63, 3.8) is 0 Å². The summed E-state index contributed by atoms with van der Waals surface area (Å²) < 4.78 is 0. The second kappa shape index (κ2) is 4.84. The molecule has 0 radical (unpaired) electrons. The molecule has 2 heteroatoms. The molecule has 2 nitrogen and oxygen atoms in total. The zero-order valence-corrected chi connectivity index (χ0v) is 9.75. The van der Waals surface area contributed by atoms with Gasteiger partial charge in [-0.15, -0.1) is 0 Å². The maximum atomic E-state index is 9.54. The van der Waals surface area contributed by atoms with E-state index in [1.165, 1.54) is 38.5 Å². The van der Waals surface area contributed by atoms with Crippen molar-refractivity contribution in [3.8, 4) is 0 Å². The summed E-state index contributed by atoms with van der Waals surface area (Å²) in [5.74, 6) is 0.729. The molecule has 2 rings (SSSR count). The second-order valence-electron chi connectivity index (χ2n) is 5.65. The maximum Gasteiger partial charge on any atom is 0.0541 e. The lowest BCUT2D eigenvalue weighted by Crippen LogP contribution is -2.50. The van der Waals surface area contributed by atoms with E-state index in [2.05, 4.69) is 0 Å². The van der Waals surface area contributed by atoms with Gasteiger partial charge in [0.05, 0.1) is 6.10 Å². The standard InChI is InChI=1S/C13H25NO/c14-13(9-7-12(15)8-10-13)11-5-3-1-2-4-6-11/h11-12,15H,1-10,14H2. The van der Waals surface area contributed by atoms with Gasteiger partial charge in [-0.05, 0) is 44.4 Å². The van der Waals surface area contributed by atoms with Gasteiger partial charge in [-0.2, -0.15) is 0 Å². The summed E-state index contributed by atoms with van der Waals surface area (Å²) in [6.45, 7) is 0. The minimum Gasteiger partial charge on any atom is -0.393 e. The van der Waals surface area contributed by atoms with Crippen molar-refractivity contribution in [1.29, 1.82) is 0 Å². The molecule has 0 aromatic carbocycles. The van der Waals surface area contributed by atoms with E-state index in [-0.39, 0.29) is 11.6 Å². The molecule has 2 aliphatic rings. The number of rotatable bonds is 1. The fourth-order valence-corrected chi connectivity index (χ4v) is 3.40. The van der Waals surface area contributed by atoms with Crippen LogP contribution >= 0.6 is 0 Å². The van der Waals surface area contributed by atoms with Crippen molar-refractivity contribution in [2.45, 2.75) is 75.9 Å². The smallest absolute Gasteiger partial charge is 0.0541 e. The molecule has 15 heavy (non-hydrogen) atoms. The molecule has 0 atom stereocenters. The topological polar surface area (TPSA) is 46.2 Å². The van der Waals surface area contributed by atoms with Gasteiger partial charge in [0.1, 0.15) is 0 Å². The Morgan fingerprint density at radius 2 is 1.40 bits per heavy atom. The van der Waals surface area contributed by atoms with Crippen LogP contribution in [0.2, 0.25) is 0 Å². The van der Waals surface area contributed by atoms with Gasteiger partial charge >= 0.3 is 0 Å². The van der Waals surface area contributed by atoms with Gasteiger partial charge in [-0.25, -0.2) is 0 Å². The quantitative estimate of drug-likeness (QED) is 0.655. The average molecular weight is 211 g/mol. The van der Waals surface area contributed by atoms with E-state index in [1.807, 2.05) is 0 Å². The Bertz CT molecular complexity index is 189. The van der Waals surface area contributed by atoms with Gasteiger partial charge in [0.25, 0.3) is 0 Å². The van der Waals surface area contributed by atoms with Crippen LogP contribution in [0.3, 0.4) is 0 Å². The predicted molar refractivity (Wildman–Crippen MR) is 62.6 cm³/mol. The zero-order valence-electron chi connectivity index (χ0n) is 9.75. The Morgan fingerprint density at radius 3 is 1.93 bits per heavy atom. The van der Waals surface area contributed by atoms with Crippen molar-refractivity contribution in [2.75, 3.05) is 0 Å².